The van der Waals surface area contributed by atoms with E-state index in [0.717, 1.165) is 11.1 Å². The SMILES string of the molecule is COC(=O)Cc1ccc(-n2c(=O)c(Cc3ccccc3)nc3cccnc32)cc1. The lowest BCUT2D eigenvalue weighted by Gasteiger charge is -2.12. The molecule has 0 spiro atoms. The highest BCUT2D eigenvalue weighted by molar-refractivity contribution is 5.73. The van der Waals surface area contributed by atoms with Gasteiger partial charge < -0.3 is 4.74 Å². The van der Waals surface area contributed by atoms with Crippen LogP contribution in [0.25, 0.3) is 16.9 Å². The number of esters is 1. The quantitative estimate of drug-likeness (QED) is 0.494. The maximum atomic E-state index is 13.3. The molecule has 6 heteroatoms. The maximum absolute atomic E-state index is 13.3. The van der Waals surface area contributed by atoms with Crippen LogP contribution in [0.3, 0.4) is 0 Å². The van der Waals surface area contributed by atoms with E-state index in [2.05, 4.69) is 9.97 Å². The third-order valence-corrected chi connectivity index (χ3v) is 4.67. The van der Waals surface area contributed by atoms with E-state index >= 15 is 0 Å². The number of methoxy groups -OCH3 is 1. The Bertz CT molecular complexity index is 1220. The van der Waals surface area contributed by atoms with Gasteiger partial charge in [-0.1, -0.05) is 42.5 Å². The van der Waals surface area contributed by atoms with Crippen molar-refractivity contribution in [2.24, 2.45) is 0 Å². The molecule has 0 fully saturated rings. The van der Waals surface area contributed by atoms with Gasteiger partial charge in [-0.3, -0.25) is 14.2 Å². The van der Waals surface area contributed by atoms with Crippen LogP contribution in [0.2, 0.25) is 0 Å². The van der Waals surface area contributed by atoms with Crippen LogP contribution in [0.5, 0.6) is 0 Å². The van der Waals surface area contributed by atoms with Gasteiger partial charge in [0.15, 0.2) is 5.65 Å². The van der Waals surface area contributed by atoms with Crippen LogP contribution in [0, 0.1) is 0 Å². The summed E-state index contributed by atoms with van der Waals surface area (Å²) in [6, 6.07) is 20.6. The summed E-state index contributed by atoms with van der Waals surface area (Å²) in [6.45, 7) is 0. The summed E-state index contributed by atoms with van der Waals surface area (Å²) in [6.07, 6.45) is 2.26. The normalized spacial score (nSPS) is 10.8. The van der Waals surface area contributed by atoms with Gasteiger partial charge in [0.2, 0.25) is 0 Å². The fourth-order valence-corrected chi connectivity index (χ4v) is 3.21. The summed E-state index contributed by atoms with van der Waals surface area (Å²) in [5.41, 5.74) is 3.89. The summed E-state index contributed by atoms with van der Waals surface area (Å²) < 4.78 is 6.28. The Morgan fingerprint density at radius 3 is 2.45 bits per heavy atom. The zero-order valence-electron chi connectivity index (χ0n) is 15.9. The Morgan fingerprint density at radius 1 is 0.966 bits per heavy atom. The zero-order chi connectivity index (χ0) is 20.2. The number of hydrogen-bond donors (Lipinski definition) is 0. The van der Waals surface area contributed by atoms with Gasteiger partial charge in [0.25, 0.3) is 5.56 Å². The monoisotopic (exact) mass is 385 g/mol. The number of pyridine rings is 1. The Labute approximate surface area is 167 Å². The lowest BCUT2D eigenvalue weighted by Crippen LogP contribution is -2.25. The van der Waals surface area contributed by atoms with Crippen molar-refractivity contribution in [1.29, 1.82) is 0 Å². The molecule has 4 aromatic rings. The van der Waals surface area contributed by atoms with Crippen molar-refractivity contribution < 1.29 is 9.53 Å². The fourth-order valence-electron chi connectivity index (χ4n) is 3.21. The van der Waals surface area contributed by atoms with Gasteiger partial charge in [-0.2, -0.15) is 0 Å². The number of carbonyl (C=O) groups excluding carboxylic acids is 1. The van der Waals surface area contributed by atoms with Crippen LogP contribution >= 0.6 is 0 Å². The fraction of sp³-hybridized carbons (Fsp3) is 0.130. The first-order valence-corrected chi connectivity index (χ1v) is 9.22. The molecule has 0 saturated carbocycles. The lowest BCUT2D eigenvalue weighted by atomic mass is 10.1. The third kappa shape index (κ3) is 3.91. The standard InChI is InChI=1S/C23H19N3O3/c1-29-21(27)15-17-9-11-18(12-10-17)26-22-19(8-5-13-24-22)25-20(23(26)28)14-16-6-3-2-4-7-16/h2-13H,14-15H2,1H3. The molecular formula is C23H19N3O3. The minimum absolute atomic E-state index is 0.181. The van der Waals surface area contributed by atoms with Gasteiger partial charge in [0, 0.05) is 12.6 Å². The van der Waals surface area contributed by atoms with Crippen LogP contribution in [0.1, 0.15) is 16.8 Å². The Hall–Kier alpha value is -3.80. The molecule has 0 bridgehead atoms. The second-order valence-corrected chi connectivity index (χ2v) is 6.63. The first-order chi connectivity index (χ1) is 14.2. The number of hydrogen-bond acceptors (Lipinski definition) is 5. The van der Waals surface area contributed by atoms with Crippen molar-refractivity contribution in [2.75, 3.05) is 7.11 Å². The zero-order valence-corrected chi connectivity index (χ0v) is 15.9. The van der Waals surface area contributed by atoms with Crippen LogP contribution in [0.4, 0.5) is 0 Å². The Kier molecular flexibility index (Phi) is 5.16. The van der Waals surface area contributed by atoms with Crippen molar-refractivity contribution in [3.8, 4) is 5.69 Å². The summed E-state index contributed by atoms with van der Waals surface area (Å²) >= 11 is 0. The smallest absolute Gasteiger partial charge is 0.309 e. The van der Waals surface area contributed by atoms with Gasteiger partial charge in [-0.05, 0) is 35.4 Å². The maximum Gasteiger partial charge on any atom is 0.309 e. The summed E-state index contributed by atoms with van der Waals surface area (Å²) in [5, 5.41) is 0. The van der Waals surface area contributed by atoms with E-state index in [9.17, 15) is 9.59 Å². The topological polar surface area (TPSA) is 74.1 Å². The molecule has 144 valence electrons. The average molecular weight is 385 g/mol. The molecule has 2 aromatic carbocycles. The lowest BCUT2D eigenvalue weighted by molar-refractivity contribution is -0.139. The highest BCUT2D eigenvalue weighted by Gasteiger charge is 2.14. The van der Waals surface area contributed by atoms with Gasteiger partial charge in [0.05, 0.1) is 19.2 Å². The van der Waals surface area contributed by atoms with E-state index in [1.807, 2.05) is 48.5 Å². The Morgan fingerprint density at radius 2 is 1.72 bits per heavy atom. The van der Waals surface area contributed by atoms with E-state index in [-0.39, 0.29) is 17.9 Å². The number of fused-ring (bicyclic) bond motifs is 1. The molecular weight excluding hydrogens is 366 g/mol. The van der Waals surface area contributed by atoms with Gasteiger partial charge in [0.1, 0.15) is 11.2 Å². The minimum atomic E-state index is -0.309. The van der Waals surface area contributed by atoms with Crippen molar-refractivity contribution in [2.45, 2.75) is 12.8 Å². The molecule has 2 aromatic heterocycles. The molecule has 0 N–H and O–H groups in total. The van der Waals surface area contributed by atoms with E-state index < -0.39 is 0 Å². The molecule has 6 nitrogen and oxygen atoms in total. The predicted octanol–water partition coefficient (Wildman–Crippen LogP) is 3.09. The first kappa shape index (κ1) is 18.6. The van der Waals surface area contributed by atoms with Crippen LogP contribution < -0.4 is 5.56 Å². The molecule has 0 radical (unpaired) electrons. The van der Waals surface area contributed by atoms with Crippen molar-refractivity contribution in [3.05, 3.63) is 100 Å². The second-order valence-electron chi connectivity index (χ2n) is 6.63. The molecule has 2 heterocycles. The predicted molar refractivity (Wildman–Crippen MR) is 110 cm³/mol. The molecule has 29 heavy (non-hydrogen) atoms. The summed E-state index contributed by atoms with van der Waals surface area (Å²) in [4.78, 5) is 33.7. The van der Waals surface area contributed by atoms with Crippen molar-refractivity contribution in [3.63, 3.8) is 0 Å². The van der Waals surface area contributed by atoms with E-state index in [1.54, 1.807) is 29.0 Å². The Balaban J connectivity index is 1.81. The number of rotatable bonds is 5. The van der Waals surface area contributed by atoms with E-state index in [4.69, 9.17) is 4.74 Å². The first-order valence-electron chi connectivity index (χ1n) is 9.22. The average Bonchev–Trinajstić information content (AvgIpc) is 2.76. The molecule has 0 aliphatic carbocycles. The highest BCUT2D eigenvalue weighted by Crippen LogP contribution is 2.16. The summed E-state index contributed by atoms with van der Waals surface area (Å²) in [5.74, 6) is -0.309. The molecule has 0 unspecified atom stereocenters. The molecule has 4 rings (SSSR count). The number of benzene rings is 2. The number of ether oxygens (including phenoxy) is 1. The highest BCUT2D eigenvalue weighted by atomic mass is 16.5. The largest absolute Gasteiger partial charge is 0.469 e. The molecule has 0 aliphatic rings. The van der Waals surface area contributed by atoms with E-state index in [1.165, 1.54) is 7.11 Å². The van der Waals surface area contributed by atoms with E-state index in [0.29, 0.717) is 29.0 Å². The van der Waals surface area contributed by atoms with Crippen LogP contribution in [0.15, 0.2) is 77.7 Å². The van der Waals surface area contributed by atoms with Gasteiger partial charge in [-0.25, -0.2) is 9.97 Å². The van der Waals surface area contributed by atoms with Gasteiger partial charge >= 0.3 is 5.97 Å². The number of aromatic nitrogens is 3. The van der Waals surface area contributed by atoms with Crippen LogP contribution in [-0.4, -0.2) is 27.6 Å². The number of carbonyl (C=O) groups is 1. The molecule has 0 atom stereocenters. The third-order valence-electron chi connectivity index (χ3n) is 4.67. The second kappa shape index (κ2) is 8.06. The number of nitrogens with zero attached hydrogens (tertiary/aromatic N) is 3. The molecule has 0 saturated heterocycles. The van der Waals surface area contributed by atoms with Crippen molar-refractivity contribution >= 4 is 17.1 Å². The molecule has 0 amide bonds. The van der Waals surface area contributed by atoms with Gasteiger partial charge in [-0.15, -0.1) is 0 Å². The summed E-state index contributed by atoms with van der Waals surface area (Å²) in [7, 11) is 1.36. The minimum Gasteiger partial charge on any atom is -0.469 e. The molecule has 0 aliphatic heterocycles. The van der Waals surface area contributed by atoms with Crippen molar-refractivity contribution in [1.82, 2.24) is 14.5 Å². The van der Waals surface area contributed by atoms with Crippen LogP contribution in [-0.2, 0) is 22.4 Å².